The lowest BCUT2D eigenvalue weighted by molar-refractivity contribution is 0.234. The predicted molar refractivity (Wildman–Crippen MR) is 81.7 cm³/mol. The van der Waals surface area contributed by atoms with Crippen molar-refractivity contribution in [3.63, 3.8) is 0 Å². The van der Waals surface area contributed by atoms with Gasteiger partial charge in [-0.05, 0) is 44.8 Å². The maximum absolute atomic E-state index is 5.80. The number of nitrogens with zero attached hydrogens (tertiary/aromatic N) is 1. The highest BCUT2D eigenvalue weighted by atomic mass is 16.5. The van der Waals surface area contributed by atoms with E-state index in [0.717, 1.165) is 32.0 Å². The maximum Gasteiger partial charge on any atom is 0.119 e. The van der Waals surface area contributed by atoms with Crippen molar-refractivity contribution in [2.45, 2.75) is 32.7 Å². The fourth-order valence-corrected chi connectivity index (χ4v) is 2.01. The second-order valence-corrected chi connectivity index (χ2v) is 5.04. The van der Waals surface area contributed by atoms with E-state index in [4.69, 9.17) is 4.74 Å². The number of unbranched alkanes of at least 4 members (excludes halogenated alkanes) is 2. The van der Waals surface area contributed by atoms with E-state index in [0.29, 0.717) is 0 Å². The molecule has 3 heteroatoms. The van der Waals surface area contributed by atoms with E-state index >= 15 is 0 Å². The predicted octanol–water partition coefficient (Wildman–Crippen LogP) is 2.91. The summed E-state index contributed by atoms with van der Waals surface area (Å²) in [7, 11) is 4.12. The number of rotatable bonds is 10. The lowest BCUT2D eigenvalue weighted by Crippen LogP contribution is -2.25. The molecular weight excluding hydrogens is 236 g/mol. The zero-order valence-electron chi connectivity index (χ0n) is 12.6. The molecule has 108 valence electrons. The Labute approximate surface area is 118 Å². The van der Waals surface area contributed by atoms with Gasteiger partial charge in [-0.2, -0.15) is 0 Å². The van der Waals surface area contributed by atoms with Gasteiger partial charge >= 0.3 is 0 Å². The maximum atomic E-state index is 5.80. The Kier molecular flexibility index (Phi) is 8.26. The van der Waals surface area contributed by atoms with Crippen LogP contribution in [0.5, 0.6) is 5.75 Å². The summed E-state index contributed by atoms with van der Waals surface area (Å²) in [6.07, 6.45) is 3.88. The van der Waals surface area contributed by atoms with Crippen molar-refractivity contribution in [2.24, 2.45) is 0 Å². The van der Waals surface area contributed by atoms with E-state index in [9.17, 15) is 0 Å². The first-order valence-electron chi connectivity index (χ1n) is 7.31. The van der Waals surface area contributed by atoms with Gasteiger partial charge in [0.15, 0.2) is 0 Å². The Bertz CT molecular complexity index is 341. The fourth-order valence-electron chi connectivity index (χ4n) is 2.01. The lowest BCUT2D eigenvalue weighted by atomic mass is 10.2. The van der Waals surface area contributed by atoms with Crippen LogP contribution in [-0.4, -0.2) is 38.7 Å². The number of ether oxygens (including phenoxy) is 1. The fraction of sp³-hybridized carbons (Fsp3) is 0.625. The van der Waals surface area contributed by atoms with Crippen molar-refractivity contribution < 1.29 is 4.74 Å². The van der Waals surface area contributed by atoms with Crippen LogP contribution in [0.3, 0.4) is 0 Å². The SMILES string of the molecule is CCCCCN(C)CCOc1cccc(CNC)c1. The van der Waals surface area contributed by atoms with Gasteiger partial charge in [0.1, 0.15) is 12.4 Å². The van der Waals surface area contributed by atoms with Crippen LogP contribution in [0.4, 0.5) is 0 Å². The Morgan fingerprint density at radius 3 is 2.79 bits per heavy atom. The number of likely N-dealkylation sites (N-methyl/N-ethyl adjacent to an activating group) is 1. The highest BCUT2D eigenvalue weighted by Gasteiger charge is 2.00. The molecule has 0 spiro atoms. The van der Waals surface area contributed by atoms with E-state index in [-0.39, 0.29) is 0 Å². The van der Waals surface area contributed by atoms with Crippen LogP contribution in [0.15, 0.2) is 24.3 Å². The molecule has 0 saturated heterocycles. The second kappa shape index (κ2) is 9.82. The summed E-state index contributed by atoms with van der Waals surface area (Å²) in [4.78, 5) is 2.34. The molecular formula is C16H28N2O. The van der Waals surface area contributed by atoms with Gasteiger partial charge in [0.05, 0.1) is 0 Å². The first-order chi connectivity index (χ1) is 9.26. The molecule has 1 rings (SSSR count). The molecule has 0 fully saturated rings. The quantitative estimate of drug-likeness (QED) is 0.658. The molecule has 19 heavy (non-hydrogen) atoms. The van der Waals surface area contributed by atoms with Crippen molar-refractivity contribution in [3.05, 3.63) is 29.8 Å². The molecule has 0 saturated carbocycles. The van der Waals surface area contributed by atoms with E-state index in [1.165, 1.54) is 24.8 Å². The van der Waals surface area contributed by atoms with Gasteiger partial charge < -0.3 is 15.0 Å². The van der Waals surface area contributed by atoms with Crippen LogP contribution >= 0.6 is 0 Å². The molecule has 0 amide bonds. The van der Waals surface area contributed by atoms with Crippen molar-refractivity contribution in [3.8, 4) is 5.75 Å². The highest BCUT2D eigenvalue weighted by molar-refractivity contribution is 5.28. The Balaban J connectivity index is 2.22. The van der Waals surface area contributed by atoms with Gasteiger partial charge in [0.25, 0.3) is 0 Å². The summed E-state index contributed by atoms with van der Waals surface area (Å²) in [5.74, 6) is 0.967. The normalized spacial score (nSPS) is 10.9. The Morgan fingerprint density at radius 1 is 1.21 bits per heavy atom. The molecule has 0 aliphatic rings. The zero-order chi connectivity index (χ0) is 13.9. The van der Waals surface area contributed by atoms with Gasteiger partial charge in [-0.1, -0.05) is 31.9 Å². The third kappa shape index (κ3) is 7.19. The molecule has 1 aromatic rings. The number of nitrogens with one attached hydrogen (secondary N) is 1. The average molecular weight is 264 g/mol. The van der Waals surface area contributed by atoms with E-state index in [2.05, 4.69) is 36.3 Å². The molecule has 0 aliphatic heterocycles. The number of benzene rings is 1. The van der Waals surface area contributed by atoms with Crippen LogP contribution in [-0.2, 0) is 6.54 Å². The van der Waals surface area contributed by atoms with Crippen molar-refractivity contribution in [1.82, 2.24) is 10.2 Å². The molecule has 3 nitrogen and oxygen atoms in total. The van der Waals surface area contributed by atoms with Crippen LogP contribution in [0.25, 0.3) is 0 Å². The Morgan fingerprint density at radius 2 is 2.05 bits per heavy atom. The largest absolute Gasteiger partial charge is 0.492 e. The molecule has 0 aromatic heterocycles. The van der Waals surface area contributed by atoms with Gasteiger partial charge in [-0.15, -0.1) is 0 Å². The third-order valence-corrected chi connectivity index (χ3v) is 3.16. The first-order valence-corrected chi connectivity index (χ1v) is 7.31. The lowest BCUT2D eigenvalue weighted by Gasteiger charge is -2.16. The third-order valence-electron chi connectivity index (χ3n) is 3.16. The number of hydrogen-bond acceptors (Lipinski definition) is 3. The smallest absolute Gasteiger partial charge is 0.119 e. The average Bonchev–Trinajstić information content (AvgIpc) is 2.40. The Hall–Kier alpha value is -1.06. The van der Waals surface area contributed by atoms with Crippen LogP contribution in [0.2, 0.25) is 0 Å². The van der Waals surface area contributed by atoms with E-state index < -0.39 is 0 Å². The summed E-state index contributed by atoms with van der Waals surface area (Å²) in [6, 6.07) is 8.29. The molecule has 0 aliphatic carbocycles. The topological polar surface area (TPSA) is 24.5 Å². The minimum atomic E-state index is 0.756. The molecule has 0 unspecified atom stereocenters. The minimum absolute atomic E-state index is 0.756. The zero-order valence-corrected chi connectivity index (χ0v) is 12.6. The summed E-state index contributed by atoms with van der Waals surface area (Å²) in [5.41, 5.74) is 1.26. The molecule has 1 N–H and O–H groups in total. The minimum Gasteiger partial charge on any atom is -0.492 e. The number of hydrogen-bond donors (Lipinski definition) is 1. The van der Waals surface area contributed by atoms with Gasteiger partial charge in [-0.3, -0.25) is 0 Å². The van der Waals surface area contributed by atoms with Crippen molar-refractivity contribution >= 4 is 0 Å². The first kappa shape index (κ1) is 16.0. The summed E-state index contributed by atoms with van der Waals surface area (Å²) in [6.45, 7) is 6.03. The summed E-state index contributed by atoms with van der Waals surface area (Å²) >= 11 is 0. The standard InChI is InChI=1S/C16H28N2O/c1-4-5-6-10-18(3)11-12-19-16-9-7-8-15(13-16)14-17-2/h7-9,13,17H,4-6,10-12,14H2,1-3H3. The van der Waals surface area contributed by atoms with Gasteiger partial charge in [0.2, 0.25) is 0 Å². The molecule has 0 bridgehead atoms. The van der Waals surface area contributed by atoms with Gasteiger partial charge in [0, 0.05) is 13.1 Å². The van der Waals surface area contributed by atoms with E-state index in [1.807, 2.05) is 19.2 Å². The molecule has 0 radical (unpaired) electrons. The molecule has 1 aromatic carbocycles. The summed E-state index contributed by atoms with van der Waals surface area (Å²) < 4.78 is 5.80. The van der Waals surface area contributed by atoms with Crippen molar-refractivity contribution in [1.29, 1.82) is 0 Å². The van der Waals surface area contributed by atoms with Crippen LogP contribution < -0.4 is 10.1 Å². The highest BCUT2D eigenvalue weighted by Crippen LogP contribution is 2.13. The van der Waals surface area contributed by atoms with E-state index in [1.54, 1.807) is 0 Å². The van der Waals surface area contributed by atoms with Crippen molar-refractivity contribution in [2.75, 3.05) is 33.8 Å². The second-order valence-electron chi connectivity index (χ2n) is 5.04. The molecule has 0 atom stereocenters. The van der Waals surface area contributed by atoms with Gasteiger partial charge in [-0.25, -0.2) is 0 Å². The molecule has 0 heterocycles. The summed E-state index contributed by atoms with van der Waals surface area (Å²) in [5, 5.41) is 3.15. The van der Waals surface area contributed by atoms with Crippen LogP contribution in [0.1, 0.15) is 31.7 Å². The van der Waals surface area contributed by atoms with Crippen LogP contribution in [0, 0.1) is 0 Å². The monoisotopic (exact) mass is 264 g/mol.